The molecule has 1 rings (SSSR count). The summed E-state index contributed by atoms with van der Waals surface area (Å²) in [4.78, 5) is 61.3. The molecule has 1 aromatic rings. The molecule has 0 saturated heterocycles. The zero-order chi connectivity index (χ0) is 28.8. The monoisotopic (exact) mass is 554 g/mol. The average molecular weight is 555 g/mol. The number of carboxylic acid groups (broad SMARTS) is 2. The second kappa shape index (κ2) is 16.5. The van der Waals surface area contributed by atoms with E-state index in [0.29, 0.717) is 12.2 Å². The minimum atomic E-state index is -1.44. The minimum Gasteiger partial charge on any atom is -0.508 e. The summed E-state index contributed by atoms with van der Waals surface area (Å²) in [6, 6.07) is 1.71. The minimum absolute atomic E-state index is 0.0806. The molecule has 0 saturated carbocycles. The number of carbonyl (C=O) groups excluding carboxylic acids is 3. The first-order valence-corrected chi connectivity index (χ1v) is 13.7. The lowest BCUT2D eigenvalue weighted by atomic mass is 9.97. The Kier molecular flexibility index (Phi) is 14.2. The standard InChI is InChI=1S/C25H38N4O8S/c1-4-14(2)21(24(35)28-19(25(36)37)9-10-20(31)32)29-23(34)18(11-12-38-3)27-22(33)17(26)13-15-5-7-16(30)8-6-15/h5-8,14,17-19,21,30H,4,9-13,26H2,1-3H3,(H,27,33)(H,28,35)(H,29,34)(H,31,32)(H,36,37). The number of amides is 3. The smallest absolute Gasteiger partial charge is 0.326 e. The van der Waals surface area contributed by atoms with E-state index in [1.165, 1.54) is 23.9 Å². The molecule has 0 aromatic heterocycles. The van der Waals surface area contributed by atoms with E-state index in [1.54, 1.807) is 26.0 Å². The van der Waals surface area contributed by atoms with Gasteiger partial charge in [-0.2, -0.15) is 11.8 Å². The number of nitrogens with one attached hydrogen (secondary N) is 3. The molecule has 0 spiro atoms. The van der Waals surface area contributed by atoms with Crippen LogP contribution in [0.15, 0.2) is 24.3 Å². The predicted octanol–water partition coefficient (Wildman–Crippen LogP) is 0.465. The SMILES string of the molecule is CCC(C)C(NC(=O)C(CCSC)NC(=O)C(N)Cc1ccc(O)cc1)C(=O)NC(CCC(=O)O)C(=O)O. The van der Waals surface area contributed by atoms with Crippen molar-refractivity contribution in [2.45, 2.75) is 70.1 Å². The molecule has 0 aliphatic heterocycles. The highest BCUT2D eigenvalue weighted by Gasteiger charge is 2.32. The van der Waals surface area contributed by atoms with Crippen LogP contribution in [0.5, 0.6) is 5.75 Å². The number of rotatable bonds is 17. The van der Waals surface area contributed by atoms with Crippen LogP contribution in [0.2, 0.25) is 0 Å². The molecule has 38 heavy (non-hydrogen) atoms. The molecule has 0 fully saturated rings. The van der Waals surface area contributed by atoms with Crippen molar-refractivity contribution in [1.29, 1.82) is 0 Å². The second-order valence-corrected chi connectivity index (χ2v) is 10.0. The maximum Gasteiger partial charge on any atom is 0.326 e. The third-order valence-electron chi connectivity index (χ3n) is 6.03. The number of benzene rings is 1. The first kappa shape index (κ1) is 32.7. The summed E-state index contributed by atoms with van der Waals surface area (Å²) in [5.41, 5.74) is 6.77. The van der Waals surface area contributed by atoms with Gasteiger partial charge in [0.2, 0.25) is 17.7 Å². The molecule has 5 atom stereocenters. The fourth-order valence-corrected chi connectivity index (χ4v) is 3.98. The van der Waals surface area contributed by atoms with E-state index >= 15 is 0 Å². The van der Waals surface area contributed by atoms with Crippen molar-refractivity contribution in [1.82, 2.24) is 16.0 Å². The second-order valence-electron chi connectivity index (χ2n) is 9.02. The number of aliphatic carboxylic acids is 2. The summed E-state index contributed by atoms with van der Waals surface area (Å²) in [6.45, 7) is 3.51. The Hall–Kier alpha value is -3.32. The number of hydrogen-bond donors (Lipinski definition) is 7. The van der Waals surface area contributed by atoms with Gasteiger partial charge in [-0.3, -0.25) is 19.2 Å². The molecule has 0 radical (unpaired) electrons. The Bertz CT molecular complexity index is 959. The van der Waals surface area contributed by atoms with Crippen LogP contribution < -0.4 is 21.7 Å². The number of nitrogens with two attached hydrogens (primary N) is 1. The number of thioether (sulfide) groups is 1. The normalized spacial score (nSPS) is 14.8. The van der Waals surface area contributed by atoms with Crippen LogP contribution in [-0.2, 0) is 30.4 Å². The molecule has 13 heteroatoms. The van der Waals surface area contributed by atoms with Crippen molar-refractivity contribution in [3.63, 3.8) is 0 Å². The maximum absolute atomic E-state index is 13.2. The van der Waals surface area contributed by atoms with E-state index in [2.05, 4.69) is 16.0 Å². The third kappa shape index (κ3) is 11.4. The molecular weight excluding hydrogens is 516 g/mol. The van der Waals surface area contributed by atoms with Gasteiger partial charge in [0, 0.05) is 6.42 Å². The molecule has 12 nitrogen and oxygen atoms in total. The summed E-state index contributed by atoms with van der Waals surface area (Å²) in [6.07, 6.45) is 1.98. The van der Waals surface area contributed by atoms with Crippen LogP contribution in [0.1, 0.15) is 45.1 Å². The summed E-state index contributed by atoms with van der Waals surface area (Å²) in [7, 11) is 0. The highest BCUT2D eigenvalue weighted by molar-refractivity contribution is 7.98. The van der Waals surface area contributed by atoms with Crippen molar-refractivity contribution in [3.05, 3.63) is 29.8 Å². The van der Waals surface area contributed by atoms with Crippen LogP contribution in [-0.4, -0.2) is 81.2 Å². The lowest BCUT2D eigenvalue weighted by Crippen LogP contribution is -2.58. The van der Waals surface area contributed by atoms with E-state index in [9.17, 15) is 34.2 Å². The van der Waals surface area contributed by atoms with Gasteiger partial charge in [0.25, 0.3) is 0 Å². The third-order valence-corrected chi connectivity index (χ3v) is 6.67. The molecular formula is C25H38N4O8S. The van der Waals surface area contributed by atoms with Gasteiger partial charge in [0.15, 0.2) is 0 Å². The Morgan fingerprint density at radius 1 is 0.921 bits per heavy atom. The van der Waals surface area contributed by atoms with Crippen molar-refractivity contribution in [3.8, 4) is 5.75 Å². The van der Waals surface area contributed by atoms with Crippen molar-refractivity contribution < 1.29 is 39.3 Å². The summed E-state index contributed by atoms with van der Waals surface area (Å²) >= 11 is 1.46. The zero-order valence-electron chi connectivity index (χ0n) is 21.8. The van der Waals surface area contributed by atoms with Crippen LogP contribution in [0.25, 0.3) is 0 Å². The van der Waals surface area contributed by atoms with Crippen LogP contribution in [0.4, 0.5) is 0 Å². The first-order chi connectivity index (χ1) is 17.9. The van der Waals surface area contributed by atoms with E-state index in [0.717, 1.165) is 5.56 Å². The van der Waals surface area contributed by atoms with Crippen LogP contribution >= 0.6 is 11.8 Å². The Labute approximate surface area is 226 Å². The van der Waals surface area contributed by atoms with Gasteiger partial charge in [-0.15, -0.1) is 0 Å². The number of phenols is 1. The Balaban J connectivity index is 2.97. The molecule has 0 aliphatic rings. The highest BCUT2D eigenvalue weighted by atomic mass is 32.2. The van der Waals surface area contributed by atoms with E-state index in [1.807, 2.05) is 6.26 Å². The van der Waals surface area contributed by atoms with E-state index < -0.39 is 60.2 Å². The summed E-state index contributed by atoms with van der Waals surface area (Å²) in [5, 5.41) is 35.2. The number of phenolic OH excluding ortho intramolecular Hbond substituents is 1. The van der Waals surface area contributed by atoms with Gasteiger partial charge >= 0.3 is 11.9 Å². The number of carbonyl (C=O) groups is 5. The van der Waals surface area contributed by atoms with Crippen LogP contribution in [0, 0.1) is 5.92 Å². The molecule has 0 heterocycles. The molecule has 0 aliphatic carbocycles. The molecule has 8 N–H and O–H groups in total. The number of carboxylic acids is 2. The number of hydrogen-bond acceptors (Lipinski definition) is 8. The van der Waals surface area contributed by atoms with Crippen LogP contribution in [0.3, 0.4) is 0 Å². The predicted molar refractivity (Wildman–Crippen MR) is 143 cm³/mol. The fraction of sp³-hybridized carbons (Fsp3) is 0.560. The largest absolute Gasteiger partial charge is 0.508 e. The summed E-state index contributed by atoms with van der Waals surface area (Å²) in [5.74, 6) is -4.31. The van der Waals surface area contributed by atoms with Gasteiger partial charge in [-0.05, 0) is 54.9 Å². The van der Waals surface area contributed by atoms with Crippen molar-refractivity contribution in [2.75, 3.05) is 12.0 Å². The molecule has 212 valence electrons. The Morgan fingerprint density at radius 2 is 1.53 bits per heavy atom. The Morgan fingerprint density at radius 3 is 2.05 bits per heavy atom. The van der Waals surface area contributed by atoms with Crippen molar-refractivity contribution >= 4 is 41.4 Å². The van der Waals surface area contributed by atoms with Gasteiger partial charge in [0.1, 0.15) is 23.9 Å². The average Bonchev–Trinajstić information content (AvgIpc) is 2.87. The van der Waals surface area contributed by atoms with Gasteiger partial charge in [-0.25, -0.2) is 4.79 Å². The molecule has 0 bridgehead atoms. The highest BCUT2D eigenvalue weighted by Crippen LogP contribution is 2.13. The lowest BCUT2D eigenvalue weighted by Gasteiger charge is -2.28. The molecule has 1 aromatic carbocycles. The van der Waals surface area contributed by atoms with Gasteiger partial charge in [-0.1, -0.05) is 32.4 Å². The van der Waals surface area contributed by atoms with Gasteiger partial charge in [0.05, 0.1) is 6.04 Å². The molecule has 3 amide bonds. The van der Waals surface area contributed by atoms with E-state index in [-0.39, 0.29) is 30.9 Å². The quantitative estimate of drug-likeness (QED) is 0.141. The van der Waals surface area contributed by atoms with E-state index in [4.69, 9.17) is 10.8 Å². The summed E-state index contributed by atoms with van der Waals surface area (Å²) < 4.78 is 0. The van der Waals surface area contributed by atoms with Crippen molar-refractivity contribution in [2.24, 2.45) is 11.7 Å². The first-order valence-electron chi connectivity index (χ1n) is 12.3. The molecule has 5 unspecified atom stereocenters. The number of aromatic hydroxyl groups is 1. The topological polar surface area (TPSA) is 208 Å². The zero-order valence-corrected chi connectivity index (χ0v) is 22.6. The van der Waals surface area contributed by atoms with Gasteiger partial charge < -0.3 is 37.0 Å². The fourth-order valence-electron chi connectivity index (χ4n) is 3.50. The maximum atomic E-state index is 13.2. The lowest BCUT2D eigenvalue weighted by molar-refractivity contribution is -0.143.